The van der Waals surface area contributed by atoms with Gasteiger partial charge in [0.2, 0.25) is 0 Å². The first kappa shape index (κ1) is 17.2. The third kappa shape index (κ3) is 4.92. The van der Waals surface area contributed by atoms with Crippen molar-refractivity contribution in [1.82, 2.24) is 0 Å². The zero-order valence-electron chi connectivity index (χ0n) is 14.7. The molecule has 0 bridgehead atoms. The Morgan fingerprint density at radius 2 is 1.61 bits per heavy atom. The van der Waals surface area contributed by atoms with Gasteiger partial charge in [0.15, 0.2) is 0 Å². The zero-order valence-corrected chi connectivity index (χ0v) is 14.7. The Kier molecular flexibility index (Phi) is 6.33. The Bertz CT molecular complexity index is 589. The summed E-state index contributed by atoms with van der Waals surface area (Å²) in [4.78, 5) is 2.34. The lowest BCUT2D eigenvalue weighted by Gasteiger charge is -2.21. The standard InChI is InChI=1S/C20H28N2O/c1-5-22(6-2)19-13-11-18(12-14-19)21-15-17-9-7-8-10-20(17)23-16(3)4/h7-14,16,21H,5-6,15H2,1-4H3. The SMILES string of the molecule is CCN(CC)c1ccc(NCc2ccccc2OC(C)C)cc1. The quantitative estimate of drug-likeness (QED) is 0.748. The monoisotopic (exact) mass is 312 g/mol. The first-order chi connectivity index (χ1) is 11.1. The summed E-state index contributed by atoms with van der Waals surface area (Å²) in [6.45, 7) is 11.3. The van der Waals surface area contributed by atoms with E-state index in [2.05, 4.69) is 68.2 Å². The van der Waals surface area contributed by atoms with Crippen LogP contribution in [0.2, 0.25) is 0 Å². The smallest absolute Gasteiger partial charge is 0.124 e. The van der Waals surface area contributed by atoms with Crippen molar-refractivity contribution in [3.8, 4) is 5.75 Å². The second-order valence-electron chi connectivity index (χ2n) is 5.85. The molecule has 0 spiro atoms. The molecular formula is C20H28N2O. The van der Waals surface area contributed by atoms with E-state index in [1.807, 2.05) is 18.2 Å². The van der Waals surface area contributed by atoms with Gasteiger partial charge in [0.25, 0.3) is 0 Å². The highest BCUT2D eigenvalue weighted by atomic mass is 16.5. The molecule has 2 rings (SSSR count). The number of rotatable bonds is 8. The number of anilines is 2. The minimum absolute atomic E-state index is 0.185. The van der Waals surface area contributed by atoms with Gasteiger partial charge in [-0.05, 0) is 58.0 Å². The molecular weight excluding hydrogens is 284 g/mol. The van der Waals surface area contributed by atoms with Crippen molar-refractivity contribution in [2.75, 3.05) is 23.3 Å². The predicted octanol–water partition coefficient (Wildman–Crippen LogP) is 4.93. The first-order valence-corrected chi connectivity index (χ1v) is 8.47. The fraction of sp³-hybridized carbons (Fsp3) is 0.400. The molecule has 2 aromatic carbocycles. The molecule has 1 N–H and O–H groups in total. The normalized spacial score (nSPS) is 10.7. The maximum Gasteiger partial charge on any atom is 0.124 e. The molecule has 0 atom stereocenters. The molecule has 0 aliphatic carbocycles. The average molecular weight is 312 g/mol. The summed E-state index contributed by atoms with van der Waals surface area (Å²) in [5, 5.41) is 3.48. The Balaban J connectivity index is 2.01. The molecule has 0 aliphatic heterocycles. The van der Waals surface area contributed by atoms with E-state index in [4.69, 9.17) is 4.74 Å². The molecule has 3 nitrogen and oxygen atoms in total. The lowest BCUT2D eigenvalue weighted by molar-refractivity contribution is 0.240. The summed E-state index contributed by atoms with van der Waals surface area (Å²) in [5.74, 6) is 0.953. The van der Waals surface area contributed by atoms with Crippen molar-refractivity contribution >= 4 is 11.4 Å². The largest absolute Gasteiger partial charge is 0.491 e. The highest BCUT2D eigenvalue weighted by Gasteiger charge is 2.05. The van der Waals surface area contributed by atoms with Crippen LogP contribution in [0.1, 0.15) is 33.3 Å². The molecule has 0 saturated carbocycles. The molecule has 0 radical (unpaired) electrons. The van der Waals surface area contributed by atoms with E-state index in [1.54, 1.807) is 0 Å². The van der Waals surface area contributed by atoms with Crippen molar-refractivity contribution in [1.29, 1.82) is 0 Å². The van der Waals surface area contributed by atoms with Gasteiger partial charge < -0.3 is 15.0 Å². The predicted molar refractivity (Wildman–Crippen MR) is 99.5 cm³/mol. The number of ether oxygens (including phenoxy) is 1. The van der Waals surface area contributed by atoms with Crippen LogP contribution in [0.4, 0.5) is 11.4 Å². The summed E-state index contributed by atoms with van der Waals surface area (Å²) in [6.07, 6.45) is 0.185. The number of benzene rings is 2. The van der Waals surface area contributed by atoms with Crippen molar-refractivity contribution in [3.05, 3.63) is 54.1 Å². The van der Waals surface area contributed by atoms with E-state index in [0.29, 0.717) is 0 Å². The summed E-state index contributed by atoms with van der Waals surface area (Å²) >= 11 is 0. The molecule has 2 aromatic rings. The van der Waals surface area contributed by atoms with Crippen LogP contribution < -0.4 is 15.0 Å². The van der Waals surface area contributed by atoms with Crippen LogP contribution in [0.25, 0.3) is 0 Å². The van der Waals surface area contributed by atoms with Gasteiger partial charge in [-0.25, -0.2) is 0 Å². The van der Waals surface area contributed by atoms with Gasteiger partial charge in [0.1, 0.15) is 5.75 Å². The zero-order chi connectivity index (χ0) is 16.7. The molecule has 0 unspecified atom stereocenters. The van der Waals surface area contributed by atoms with Crippen LogP contribution in [0.15, 0.2) is 48.5 Å². The Morgan fingerprint density at radius 1 is 0.957 bits per heavy atom. The average Bonchev–Trinajstić information content (AvgIpc) is 2.56. The van der Waals surface area contributed by atoms with Gasteiger partial charge in [0.05, 0.1) is 6.10 Å². The molecule has 0 amide bonds. The van der Waals surface area contributed by atoms with Crippen LogP contribution in [0, 0.1) is 0 Å². The summed E-state index contributed by atoms with van der Waals surface area (Å²) in [6, 6.07) is 16.8. The molecule has 3 heteroatoms. The van der Waals surface area contributed by atoms with E-state index in [1.165, 1.54) is 11.3 Å². The van der Waals surface area contributed by atoms with Crippen molar-refractivity contribution in [3.63, 3.8) is 0 Å². The van der Waals surface area contributed by atoms with Crippen LogP contribution in [0.3, 0.4) is 0 Å². The molecule has 0 heterocycles. The molecule has 23 heavy (non-hydrogen) atoms. The highest BCUT2D eigenvalue weighted by Crippen LogP contribution is 2.22. The van der Waals surface area contributed by atoms with Crippen molar-refractivity contribution in [2.45, 2.75) is 40.3 Å². The lowest BCUT2D eigenvalue weighted by Crippen LogP contribution is -2.21. The molecule has 124 valence electrons. The minimum atomic E-state index is 0.185. The van der Waals surface area contributed by atoms with Crippen LogP contribution in [-0.4, -0.2) is 19.2 Å². The Morgan fingerprint density at radius 3 is 2.22 bits per heavy atom. The summed E-state index contributed by atoms with van der Waals surface area (Å²) < 4.78 is 5.87. The summed E-state index contributed by atoms with van der Waals surface area (Å²) in [5.41, 5.74) is 3.57. The number of hydrogen-bond acceptors (Lipinski definition) is 3. The fourth-order valence-corrected chi connectivity index (χ4v) is 2.59. The topological polar surface area (TPSA) is 24.5 Å². The van der Waals surface area contributed by atoms with Crippen molar-refractivity contribution < 1.29 is 4.74 Å². The van der Waals surface area contributed by atoms with E-state index >= 15 is 0 Å². The molecule has 0 saturated heterocycles. The maximum atomic E-state index is 5.87. The Hall–Kier alpha value is -2.16. The third-order valence-electron chi connectivity index (χ3n) is 3.81. The third-order valence-corrected chi connectivity index (χ3v) is 3.81. The van der Waals surface area contributed by atoms with Crippen LogP contribution in [0.5, 0.6) is 5.75 Å². The lowest BCUT2D eigenvalue weighted by atomic mass is 10.2. The van der Waals surface area contributed by atoms with E-state index in [9.17, 15) is 0 Å². The number of hydrogen-bond donors (Lipinski definition) is 1. The number of nitrogens with one attached hydrogen (secondary N) is 1. The van der Waals surface area contributed by atoms with E-state index < -0.39 is 0 Å². The Labute approximate surface area is 140 Å². The first-order valence-electron chi connectivity index (χ1n) is 8.47. The van der Waals surface area contributed by atoms with Gasteiger partial charge in [-0.15, -0.1) is 0 Å². The van der Waals surface area contributed by atoms with Gasteiger partial charge in [-0.3, -0.25) is 0 Å². The van der Waals surface area contributed by atoms with Crippen molar-refractivity contribution in [2.24, 2.45) is 0 Å². The molecule has 0 fully saturated rings. The second kappa shape index (κ2) is 8.47. The number of nitrogens with zero attached hydrogens (tertiary/aromatic N) is 1. The van der Waals surface area contributed by atoms with Crippen LogP contribution >= 0.6 is 0 Å². The molecule has 0 aromatic heterocycles. The van der Waals surface area contributed by atoms with Crippen LogP contribution in [-0.2, 0) is 6.54 Å². The highest BCUT2D eigenvalue weighted by molar-refractivity contribution is 5.55. The summed E-state index contributed by atoms with van der Waals surface area (Å²) in [7, 11) is 0. The second-order valence-corrected chi connectivity index (χ2v) is 5.85. The van der Waals surface area contributed by atoms with E-state index in [-0.39, 0.29) is 6.10 Å². The maximum absolute atomic E-state index is 5.87. The van der Waals surface area contributed by atoms with Gasteiger partial charge >= 0.3 is 0 Å². The fourth-order valence-electron chi connectivity index (χ4n) is 2.59. The van der Waals surface area contributed by atoms with Gasteiger partial charge in [0, 0.05) is 36.6 Å². The molecule has 0 aliphatic rings. The van der Waals surface area contributed by atoms with Gasteiger partial charge in [-0.1, -0.05) is 18.2 Å². The van der Waals surface area contributed by atoms with E-state index in [0.717, 1.165) is 31.1 Å². The van der Waals surface area contributed by atoms with Gasteiger partial charge in [-0.2, -0.15) is 0 Å². The minimum Gasteiger partial charge on any atom is -0.491 e. The number of para-hydroxylation sites is 1.